The Morgan fingerprint density at radius 2 is 1.68 bits per heavy atom. The van der Waals surface area contributed by atoms with Crippen molar-refractivity contribution in [1.82, 2.24) is 0 Å². The normalized spacial score (nSPS) is 17.5. The van der Waals surface area contributed by atoms with E-state index in [1.807, 2.05) is 31.2 Å². The van der Waals surface area contributed by atoms with E-state index in [9.17, 15) is 9.59 Å². The molecule has 1 heterocycles. The molecule has 0 bridgehead atoms. The van der Waals surface area contributed by atoms with Gasteiger partial charge in [0, 0.05) is 25.7 Å². The number of nitrogens with one attached hydrogen (secondary N) is 1. The van der Waals surface area contributed by atoms with Crippen molar-refractivity contribution in [2.24, 2.45) is 0 Å². The van der Waals surface area contributed by atoms with Crippen LogP contribution >= 0.6 is 0 Å². The molecule has 1 fully saturated rings. The molecule has 1 saturated heterocycles. The van der Waals surface area contributed by atoms with Crippen molar-refractivity contribution in [2.75, 3.05) is 5.32 Å². The van der Waals surface area contributed by atoms with Crippen molar-refractivity contribution in [3.8, 4) is 0 Å². The molecule has 0 atom stereocenters. The number of para-hydroxylation sites is 1. The Hall–Kier alpha value is -2.30. The Balaban J connectivity index is 2.18. The average Bonchev–Trinajstić information content (AvgIpc) is 2.28. The van der Waals surface area contributed by atoms with Crippen LogP contribution in [0.2, 0.25) is 0 Å². The smallest absolute Gasteiger partial charge is 0.350 e. The second-order valence-electron chi connectivity index (χ2n) is 4.70. The highest BCUT2D eigenvalue weighted by molar-refractivity contribution is 6.15. The molecule has 0 unspecified atom stereocenters. The van der Waals surface area contributed by atoms with Crippen LogP contribution in [0.25, 0.3) is 0 Å². The van der Waals surface area contributed by atoms with Crippen LogP contribution in [0.4, 0.5) is 5.69 Å². The van der Waals surface area contributed by atoms with E-state index < -0.39 is 17.7 Å². The molecule has 2 rings (SSSR count). The fourth-order valence-electron chi connectivity index (χ4n) is 1.66. The van der Waals surface area contributed by atoms with E-state index in [1.54, 1.807) is 0 Å². The summed E-state index contributed by atoms with van der Waals surface area (Å²) in [6, 6.07) is 7.52. The van der Waals surface area contributed by atoms with Gasteiger partial charge in [0.1, 0.15) is 0 Å². The van der Waals surface area contributed by atoms with Gasteiger partial charge >= 0.3 is 11.9 Å². The number of carbonyl (C=O) groups excluding carboxylic acids is 2. The van der Waals surface area contributed by atoms with E-state index in [0.717, 1.165) is 11.3 Å². The van der Waals surface area contributed by atoms with Gasteiger partial charge in [0.2, 0.25) is 0 Å². The predicted octanol–water partition coefficient (Wildman–Crippen LogP) is 2.13. The lowest BCUT2D eigenvalue weighted by atomic mass is 10.2. The first-order valence-corrected chi connectivity index (χ1v) is 5.88. The summed E-state index contributed by atoms with van der Waals surface area (Å²) >= 11 is 0. The van der Waals surface area contributed by atoms with Crippen molar-refractivity contribution in [3.05, 3.63) is 41.6 Å². The SMILES string of the molecule is Cc1ccccc1NC=C1C(=O)OC(C)(C)OC1=O. The number of benzene rings is 1. The van der Waals surface area contributed by atoms with Crippen LogP contribution in [0.3, 0.4) is 0 Å². The van der Waals surface area contributed by atoms with Crippen LogP contribution in [0.15, 0.2) is 36.0 Å². The van der Waals surface area contributed by atoms with E-state index >= 15 is 0 Å². The molecule has 0 aliphatic carbocycles. The highest BCUT2D eigenvalue weighted by atomic mass is 16.7. The molecule has 1 N–H and O–H groups in total. The second-order valence-corrected chi connectivity index (χ2v) is 4.70. The minimum Gasteiger partial charge on any atom is -0.419 e. The zero-order valence-electron chi connectivity index (χ0n) is 11.0. The predicted molar refractivity (Wildman–Crippen MR) is 69.1 cm³/mol. The summed E-state index contributed by atoms with van der Waals surface area (Å²) < 4.78 is 9.97. The molecule has 5 heteroatoms. The molecule has 1 aromatic rings. The number of carbonyl (C=O) groups is 2. The maximum absolute atomic E-state index is 11.7. The molecule has 1 aliphatic rings. The summed E-state index contributed by atoms with van der Waals surface area (Å²) in [7, 11) is 0. The summed E-state index contributed by atoms with van der Waals surface area (Å²) in [4.78, 5) is 23.4. The molecule has 0 amide bonds. The molecule has 0 radical (unpaired) electrons. The lowest BCUT2D eigenvalue weighted by Gasteiger charge is -2.29. The molecular weight excluding hydrogens is 246 g/mol. The number of aryl methyl sites for hydroxylation is 1. The van der Waals surface area contributed by atoms with Crippen LogP contribution in [-0.4, -0.2) is 17.7 Å². The van der Waals surface area contributed by atoms with Crippen LogP contribution in [-0.2, 0) is 19.1 Å². The minimum absolute atomic E-state index is 0.150. The number of rotatable bonds is 2. The third kappa shape index (κ3) is 2.93. The second kappa shape index (κ2) is 4.76. The Morgan fingerprint density at radius 1 is 1.11 bits per heavy atom. The van der Waals surface area contributed by atoms with Gasteiger partial charge in [-0.3, -0.25) is 0 Å². The Morgan fingerprint density at radius 3 is 2.26 bits per heavy atom. The van der Waals surface area contributed by atoms with Crippen LogP contribution in [0.5, 0.6) is 0 Å². The van der Waals surface area contributed by atoms with E-state index in [0.29, 0.717) is 0 Å². The number of hydrogen-bond donors (Lipinski definition) is 1. The molecule has 0 spiro atoms. The maximum Gasteiger partial charge on any atom is 0.350 e. The van der Waals surface area contributed by atoms with E-state index in [4.69, 9.17) is 9.47 Å². The van der Waals surface area contributed by atoms with Gasteiger partial charge in [-0.15, -0.1) is 0 Å². The van der Waals surface area contributed by atoms with Gasteiger partial charge in [-0.2, -0.15) is 0 Å². The van der Waals surface area contributed by atoms with Crippen molar-refractivity contribution in [2.45, 2.75) is 26.6 Å². The first-order chi connectivity index (χ1) is 8.89. The number of ether oxygens (including phenoxy) is 2. The van der Waals surface area contributed by atoms with Crippen LogP contribution in [0.1, 0.15) is 19.4 Å². The summed E-state index contributed by atoms with van der Waals surface area (Å²) in [5, 5.41) is 2.91. The first-order valence-electron chi connectivity index (χ1n) is 5.88. The molecule has 5 nitrogen and oxygen atoms in total. The summed E-state index contributed by atoms with van der Waals surface area (Å²) in [5.41, 5.74) is 1.65. The highest BCUT2D eigenvalue weighted by Crippen LogP contribution is 2.23. The van der Waals surface area contributed by atoms with Gasteiger partial charge in [-0.05, 0) is 18.6 Å². The van der Waals surface area contributed by atoms with Crippen molar-refractivity contribution >= 4 is 17.6 Å². The van der Waals surface area contributed by atoms with E-state index in [2.05, 4.69) is 5.32 Å². The first kappa shape index (κ1) is 13.1. The van der Waals surface area contributed by atoms with Crippen molar-refractivity contribution < 1.29 is 19.1 Å². The monoisotopic (exact) mass is 261 g/mol. The van der Waals surface area contributed by atoms with Gasteiger partial charge < -0.3 is 14.8 Å². The molecular formula is C14H15NO4. The molecule has 0 saturated carbocycles. The van der Waals surface area contributed by atoms with Gasteiger partial charge in [0.05, 0.1) is 0 Å². The van der Waals surface area contributed by atoms with Gasteiger partial charge in [-0.1, -0.05) is 18.2 Å². The maximum atomic E-state index is 11.7. The van der Waals surface area contributed by atoms with Crippen molar-refractivity contribution in [3.63, 3.8) is 0 Å². The van der Waals surface area contributed by atoms with E-state index in [-0.39, 0.29) is 5.57 Å². The Kier molecular flexibility index (Phi) is 3.29. The number of esters is 2. The summed E-state index contributed by atoms with van der Waals surface area (Å²) in [6.45, 7) is 4.93. The fraction of sp³-hybridized carbons (Fsp3) is 0.286. The zero-order valence-corrected chi connectivity index (χ0v) is 11.0. The third-order valence-corrected chi connectivity index (χ3v) is 2.63. The van der Waals surface area contributed by atoms with E-state index in [1.165, 1.54) is 20.0 Å². The summed E-state index contributed by atoms with van der Waals surface area (Å²) in [5.74, 6) is -2.60. The Labute approximate surface area is 111 Å². The van der Waals surface area contributed by atoms with Crippen molar-refractivity contribution in [1.29, 1.82) is 0 Å². The molecule has 0 aromatic heterocycles. The number of cyclic esters (lactones) is 2. The zero-order chi connectivity index (χ0) is 14.0. The largest absolute Gasteiger partial charge is 0.419 e. The fourth-order valence-corrected chi connectivity index (χ4v) is 1.66. The number of hydrogen-bond acceptors (Lipinski definition) is 5. The quantitative estimate of drug-likeness (QED) is 0.502. The lowest BCUT2D eigenvalue weighted by Crippen LogP contribution is -2.42. The standard InChI is InChI=1S/C14H15NO4/c1-9-6-4-5-7-11(9)15-8-10-12(16)18-14(2,3)19-13(10)17/h4-8,15H,1-3H3. The van der Waals surface area contributed by atoms with Gasteiger partial charge in [-0.25, -0.2) is 9.59 Å². The average molecular weight is 261 g/mol. The topological polar surface area (TPSA) is 64.6 Å². The number of anilines is 1. The molecule has 100 valence electrons. The highest BCUT2D eigenvalue weighted by Gasteiger charge is 2.38. The van der Waals surface area contributed by atoms with Crippen LogP contribution in [0, 0.1) is 6.92 Å². The molecule has 1 aliphatic heterocycles. The minimum atomic E-state index is -1.21. The molecule has 19 heavy (non-hydrogen) atoms. The third-order valence-electron chi connectivity index (χ3n) is 2.63. The molecule has 1 aromatic carbocycles. The summed E-state index contributed by atoms with van der Waals surface area (Å²) in [6.07, 6.45) is 1.31. The lowest BCUT2D eigenvalue weighted by molar-refractivity contribution is -0.222. The van der Waals surface area contributed by atoms with Gasteiger partial charge in [0.15, 0.2) is 5.57 Å². The van der Waals surface area contributed by atoms with Crippen LogP contribution < -0.4 is 5.32 Å². The van der Waals surface area contributed by atoms with Gasteiger partial charge in [0.25, 0.3) is 5.79 Å². The Bertz CT molecular complexity index is 538.